The van der Waals surface area contributed by atoms with E-state index in [1.54, 1.807) is 49.5 Å². The molecule has 0 aliphatic rings. The van der Waals surface area contributed by atoms with Crippen LogP contribution in [0.3, 0.4) is 0 Å². The number of para-hydroxylation sites is 1. The molecule has 0 saturated carbocycles. The molecule has 0 bridgehead atoms. The number of nitrogens with zero attached hydrogens (tertiary/aromatic N) is 1. The van der Waals surface area contributed by atoms with Gasteiger partial charge in [0.2, 0.25) is 0 Å². The number of esters is 1. The van der Waals surface area contributed by atoms with Gasteiger partial charge in [0.1, 0.15) is 0 Å². The van der Waals surface area contributed by atoms with Gasteiger partial charge in [-0.15, -0.1) is 11.3 Å². The molecule has 0 aliphatic heterocycles. The van der Waals surface area contributed by atoms with Crippen LogP contribution >= 0.6 is 27.3 Å². The summed E-state index contributed by atoms with van der Waals surface area (Å²) in [4.78, 5) is 39.3. The Balaban J connectivity index is 1.66. The molecule has 0 fully saturated rings. The van der Waals surface area contributed by atoms with Gasteiger partial charge in [-0.1, -0.05) is 34.1 Å². The van der Waals surface area contributed by atoms with E-state index in [9.17, 15) is 14.4 Å². The largest absolute Gasteiger partial charge is 0.452 e. The SMILES string of the molecule is Cc1cc(NC(=O)COC(=O)c2ccccc2N(C)C(=O)c2cccs2)ccc1Br. The first-order valence-electron chi connectivity index (χ1n) is 9.00. The van der Waals surface area contributed by atoms with Gasteiger partial charge in [-0.3, -0.25) is 9.59 Å². The fourth-order valence-electron chi connectivity index (χ4n) is 2.74. The van der Waals surface area contributed by atoms with Crippen LogP contribution in [0.4, 0.5) is 11.4 Å². The summed E-state index contributed by atoms with van der Waals surface area (Å²) >= 11 is 4.72. The topological polar surface area (TPSA) is 75.7 Å². The van der Waals surface area contributed by atoms with Crippen LogP contribution in [-0.4, -0.2) is 31.4 Å². The fraction of sp³-hybridized carbons (Fsp3) is 0.136. The second-order valence-electron chi connectivity index (χ2n) is 6.45. The average molecular weight is 487 g/mol. The van der Waals surface area contributed by atoms with Crippen molar-refractivity contribution >= 4 is 56.4 Å². The van der Waals surface area contributed by atoms with Crippen LogP contribution in [0.1, 0.15) is 25.6 Å². The van der Waals surface area contributed by atoms with Crippen LogP contribution in [0.2, 0.25) is 0 Å². The normalized spacial score (nSPS) is 10.4. The number of thiophene rings is 1. The number of amides is 2. The van der Waals surface area contributed by atoms with Gasteiger partial charge in [-0.2, -0.15) is 0 Å². The number of halogens is 1. The number of anilines is 2. The minimum Gasteiger partial charge on any atom is -0.452 e. The molecule has 154 valence electrons. The third-order valence-corrected chi connectivity index (χ3v) is 6.05. The zero-order valence-electron chi connectivity index (χ0n) is 16.3. The molecule has 0 saturated heterocycles. The lowest BCUT2D eigenvalue weighted by Crippen LogP contribution is -2.28. The Kier molecular flexibility index (Phi) is 7.02. The Labute approximate surface area is 186 Å². The zero-order valence-corrected chi connectivity index (χ0v) is 18.7. The molecule has 1 heterocycles. The molecule has 30 heavy (non-hydrogen) atoms. The first kappa shape index (κ1) is 21.7. The number of benzene rings is 2. The number of hydrogen-bond acceptors (Lipinski definition) is 5. The number of carbonyl (C=O) groups excluding carboxylic acids is 3. The van der Waals surface area contributed by atoms with E-state index in [2.05, 4.69) is 21.2 Å². The predicted octanol–water partition coefficient (Wildman–Crippen LogP) is 4.89. The summed E-state index contributed by atoms with van der Waals surface area (Å²) in [6.45, 7) is 1.47. The smallest absolute Gasteiger partial charge is 0.340 e. The monoisotopic (exact) mass is 486 g/mol. The summed E-state index contributed by atoms with van der Waals surface area (Å²) < 4.78 is 6.12. The Morgan fingerprint density at radius 2 is 1.87 bits per heavy atom. The number of ether oxygens (including phenoxy) is 1. The van der Waals surface area contributed by atoms with Crippen LogP contribution in [0.5, 0.6) is 0 Å². The lowest BCUT2D eigenvalue weighted by atomic mass is 10.1. The van der Waals surface area contributed by atoms with Crippen molar-refractivity contribution in [2.75, 3.05) is 23.9 Å². The van der Waals surface area contributed by atoms with E-state index in [-0.39, 0.29) is 11.5 Å². The molecule has 8 heteroatoms. The van der Waals surface area contributed by atoms with Crippen molar-refractivity contribution in [3.63, 3.8) is 0 Å². The molecule has 0 spiro atoms. The van der Waals surface area contributed by atoms with Crippen molar-refractivity contribution in [3.05, 3.63) is 80.5 Å². The maximum absolute atomic E-state index is 12.6. The standard InChI is InChI=1S/C22H19BrN2O4S/c1-14-12-15(9-10-17(14)23)24-20(26)13-29-22(28)16-6-3-4-7-18(16)25(2)21(27)19-8-5-11-30-19/h3-12H,13H2,1-2H3,(H,24,26). The maximum atomic E-state index is 12.6. The summed E-state index contributed by atoms with van der Waals surface area (Å²) in [6, 6.07) is 15.5. The van der Waals surface area contributed by atoms with Crippen LogP contribution in [0.25, 0.3) is 0 Å². The molecule has 1 aromatic heterocycles. The molecule has 6 nitrogen and oxygen atoms in total. The van der Waals surface area contributed by atoms with Crippen molar-refractivity contribution in [2.24, 2.45) is 0 Å². The second-order valence-corrected chi connectivity index (χ2v) is 8.25. The summed E-state index contributed by atoms with van der Waals surface area (Å²) in [7, 11) is 1.59. The van der Waals surface area contributed by atoms with Gasteiger partial charge in [0, 0.05) is 17.2 Å². The third kappa shape index (κ3) is 5.14. The molecule has 3 rings (SSSR count). The maximum Gasteiger partial charge on any atom is 0.340 e. The zero-order chi connectivity index (χ0) is 21.7. The van der Waals surface area contributed by atoms with Gasteiger partial charge in [0.15, 0.2) is 6.61 Å². The van der Waals surface area contributed by atoms with Crippen molar-refractivity contribution in [1.82, 2.24) is 0 Å². The van der Waals surface area contributed by atoms with E-state index in [1.807, 2.05) is 24.4 Å². The molecule has 1 N–H and O–H groups in total. The summed E-state index contributed by atoms with van der Waals surface area (Å²) in [5.74, 6) is -1.36. The molecule has 3 aromatic rings. The summed E-state index contributed by atoms with van der Waals surface area (Å²) in [5, 5.41) is 4.50. The first-order valence-corrected chi connectivity index (χ1v) is 10.7. The number of carbonyl (C=O) groups is 3. The highest BCUT2D eigenvalue weighted by atomic mass is 79.9. The summed E-state index contributed by atoms with van der Waals surface area (Å²) in [5.41, 5.74) is 2.19. The molecular weight excluding hydrogens is 468 g/mol. The third-order valence-electron chi connectivity index (χ3n) is 4.30. The van der Waals surface area contributed by atoms with Gasteiger partial charge < -0.3 is 15.0 Å². The Bertz CT molecular complexity index is 1080. The van der Waals surface area contributed by atoms with Crippen molar-refractivity contribution < 1.29 is 19.1 Å². The average Bonchev–Trinajstić information content (AvgIpc) is 3.28. The fourth-order valence-corrected chi connectivity index (χ4v) is 3.69. The molecular formula is C22H19BrN2O4S. The minimum absolute atomic E-state index is 0.206. The highest BCUT2D eigenvalue weighted by molar-refractivity contribution is 9.10. The van der Waals surface area contributed by atoms with Crippen LogP contribution < -0.4 is 10.2 Å². The van der Waals surface area contributed by atoms with Gasteiger partial charge in [-0.25, -0.2) is 4.79 Å². The van der Waals surface area contributed by atoms with Gasteiger partial charge in [0.25, 0.3) is 11.8 Å². The van der Waals surface area contributed by atoms with Crippen LogP contribution in [0.15, 0.2) is 64.5 Å². The highest BCUT2D eigenvalue weighted by Crippen LogP contribution is 2.24. The second kappa shape index (κ2) is 9.69. The molecule has 0 unspecified atom stereocenters. The first-order chi connectivity index (χ1) is 14.4. The van der Waals surface area contributed by atoms with Crippen LogP contribution in [-0.2, 0) is 9.53 Å². The lowest BCUT2D eigenvalue weighted by molar-refractivity contribution is -0.119. The molecule has 0 atom stereocenters. The molecule has 2 aromatic carbocycles. The number of aryl methyl sites for hydroxylation is 1. The Morgan fingerprint density at radius 1 is 1.10 bits per heavy atom. The van der Waals surface area contributed by atoms with E-state index in [0.29, 0.717) is 16.3 Å². The van der Waals surface area contributed by atoms with Crippen LogP contribution in [0, 0.1) is 6.92 Å². The number of hydrogen-bond donors (Lipinski definition) is 1. The Hall–Kier alpha value is -2.97. The van der Waals surface area contributed by atoms with E-state index < -0.39 is 18.5 Å². The van der Waals surface area contributed by atoms with Crippen molar-refractivity contribution in [3.8, 4) is 0 Å². The van der Waals surface area contributed by atoms with Gasteiger partial charge in [0.05, 0.1) is 16.1 Å². The van der Waals surface area contributed by atoms with E-state index in [0.717, 1.165) is 10.0 Å². The highest BCUT2D eigenvalue weighted by Gasteiger charge is 2.21. The minimum atomic E-state index is -0.682. The molecule has 0 aliphatic carbocycles. The quantitative estimate of drug-likeness (QED) is 0.503. The van der Waals surface area contributed by atoms with E-state index in [4.69, 9.17) is 4.74 Å². The van der Waals surface area contributed by atoms with Crippen molar-refractivity contribution in [2.45, 2.75) is 6.92 Å². The van der Waals surface area contributed by atoms with E-state index >= 15 is 0 Å². The molecule has 2 amide bonds. The lowest BCUT2D eigenvalue weighted by Gasteiger charge is -2.19. The number of nitrogens with one attached hydrogen (secondary N) is 1. The number of rotatable bonds is 6. The summed E-state index contributed by atoms with van der Waals surface area (Å²) in [6.07, 6.45) is 0. The molecule has 0 radical (unpaired) electrons. The van der Waals surface area contributed by atoms with E-state index in [1.165, 1.54) is 16.2 Å². The predicted molar refractivity (Wildman–Crippen MR) is 121 cm³/mol. The van der Waals surface area contributed by atoms with Crippen molar-refractivity contribution in [1.29, 1.82) is 0 Å². The van der Waals surface area contributed by atoms with Gasteiger partial charge >= 0.3 is 5.97 Å². The van der Waals surface area contributed by atoms with Gasteiger partial charge in [-0.05, 0) is 54.3 Å². The Morgan fingerprint density at radius 3 is 2.57 bits per heavy atom.